The molecule has 1 aromatic heterocycles. The van der Waals surface area contributed by atoms with E-state index in [-0.39, 0.29) is 24.0 Å². The van der Waals surface area contributed by atoms with Gasteiger partial charge in [-0.1, -0.05) is 30.3 Å². The average molecular weight is 524 g/mol. The van der Waals surface area contributed by atoms with Gasteiger partial charge in [-0.3, -0.25) is 4.99 Å². The second kappa shape index (κ2) is 14.1. The molecule has 3 rings (SSSR count). The fourth-order valence-electron chi connectivity index (χ4n) is 3.26. The molecule has 0 radical (unpaired) electrons. The number of benzene rings is 1. The van der Waals surface area contributed by atoms with Crippen molar-refractivity contribution in [1.29, 1.82) is 0 Å². The molecule has 0 unspecified atom stereocenters. The fraction of sp³-hybridized carbons (Fsp3) is 0.500. The zero-order valence-electron chi connectivity index (χ0n) is 17.7. The molecule has 0 atom stereocenters. The van der Waals surface area contributed by atoms with Crippen LogP contribution in [0.4, 0.5) is 5.95 Å². The largest absolute Gasteiger partial charge is 0.377 e. The quantitative estimate of drug-likeness (QED) is 0.235. The second-order valence-electron chi connectivity index (χ2n) is 7.00. The van der Waals surface area contributed by atoms with Gasteiger partial charge in [0.05, 0.1) is 6.61 Å². The zero-order chi connectivity index (χ0) is 20.2. The molecule has 0 saturated carbocycles. The first-order chi connectivity index (χ1) is 14.4. The van der Waals surface area contributed by atoms with Gasteiger partial charge in [0.2, 0.25) is 5.95 Å². The summed E-state index contributed by atoms with van der Waals surface area (Å²) in [4.78, 5) is 18.1. The molecule has 2 aromatic rings. The van der Waals surface area contributed by atoms with Gasteiger partial charge in [0.25, 0.3) is 0 Å². The first kappa shape index (κ1) is 24.3. The number of piperazine rings is 1. The number of nitrogens with one attached hydrogen (secondary N) is 1. The van der Waals surface area contributed by atoms with Gasteiger partial charge in [0, 0.05) is 58.3 Å². The summed E-state index contributed by atoms with van der Waals surface area (Å²) in [6.07, 6.45) is 5.64. The molecule has 1 aliphatic rings. The molecular weight excluding hydrogens is 491 g/mol. The molecule has 2 heterocycles. The Morgan fingerprint density at radius 2 is 1.77 bits per heavy atom. The number of aromatic nitrogens is 2. The van der Waals surface area contributed by atoms with E-state index in [2.05, 4.69) is 44.1 Å². The van der Waals surface area contributed by atoms with E-state index in [1.807, 2.05) is 24.3 Å². The molecule has 30 heavy (non-hydrogen) atoms. The van der Waals surface area contributed by atoms with Crippen molar-refractivity contribution in [2.75, 3.05) is 50.8 Å². The molecule has 1 aromatic carbocycles. The minimum atomic E-state index is 0. The standard InChI is InChI=1S/C22H32N6O.HI/c1-2-23-21(24-11-6-7-18-29-19-20-9-4-3-5-10-20)27-14-16-28(17-15-27)22-25-12-8-13-26-22;/h3-5,8-10,12-13H,2,6-7,11,14-19H2,1H3,(H,23,24);1H. The van der Waals surface area contributed by atoms with Crippen LogP contribution in [0.2, 0.25) is 0 Å². The van der Waals surface area contributed by atoms with Gasteiger partial charge >= 0.3 is 0 Å². The third-order valence-corrected chi connectivity index (χ3v) is 4.82. The minimum absolute atomic E-state index is 0. The van der Waals surface area contributed by atoms with Gasteiger partial charge < -0.3 is 19.9 Å². The normalized spacial score (nSPS) is 14.4. The minimum Gasteiger partial charge on any atom is -0.377 e. The number of hydrogen-bond acceptors (Lipinski definition) is 5. The summed E-state index contributed by atoms with van der Waals surface area (Å²) in [5.74, 6) is 1.82. The van der Waals surface area contributed by atoms with Gasteiger partial charge in [-0.2, -0.15) is 0 Å². The van der Waals surface area contributed by atoms with Gasteiger partial charge in [-0.15, -0.1) is 24.0 Å². The van der Waals surface area contributed by atoms with E-state index in [0.29, 0.717) is 6.61 Å². The van der Waals surface area contributed by atoms with Crippen LogP contribution >= 0.6 is 24.0 Å². The fourth-order valence-corrected chi connectivity index (χ4v) is 3.26. The molecule has 1 aliphatic heterocycles. The molecular formula is C22H33IN6O. The number of ether oxygens (including phenoxy) is 1. The van der Waals surface area contributed by atoms with E-state index in [1.165, 1.54) is 5.56 Å². The van der Waals surface area contributed by atoms with Crippen molar-refractivity contribution < 1.29 is 4.74 Å². The van der Waals surface area contributed by atoms with Crippen molar-refractivity contribution in [2.45, 2.75) is 26.4 Å². The number of rotatable bonds is 9. The maximum Gasteiger partial charge on any atom is 0.225 e. The Morgan fingerprint density at radius 1 is 1.03 bits per heavy atom. The predicted molar refractivity (Wildman–Crippen MR) is 133 cm³/mol. The van der Waals surface area contributed by atoms with E-state index in [9.17, 15) is 0 Å². The van der Waals surface area contributed by atoms with Crippen molar-refractivity contribution >= 4 is 35.9 Å². The van der Waals surface area contributed by atoms with Gasteiger partial charge in [-0.25, -0.2) is 9.97 Å². The van der Waals surface area contributed by atoms with E-state index in [4.69, 9.17) is 9.73 Å². The summed E-state index contributed by atoms with van der Waals surface area (Å²) in [7, 11) is 0. The lowest BCUT2D eigenvalue weighted by atomic mass is 10.2. The maximum atomic E-state index is 5.75. The van der Waals surface area contributed by atoms with Crippen LogP contribution in [-0.2, 0) is 11.3 Å². The Labute approximate surface area is 197 Å². The lowest BCUT2D eigenvalue weighted by molar-refractivity contribution is 0.117. The Balaban J connectivity index is 0.00000320. The first-order valence-electron chi connectivity index (χ1n) is 10.5. The molecule has 1 fully saturated rings. The molecule has 0 aliphatic carbocycles. The van der Waals surface area contributed by atoms with Crippen LogP contribution in [-0.4, -0.2) is 66.7 Å². The van der Waals surface area contributed by atoms with Gasteiger partial charge in [0.15, 0.2) is 5.96 Å². The SMILES string of the molecule is CCNC(=NCCCCOCc1ccccc1)N1CCN(c2ncccn2)CC1.I. The number of unbranched alkanes of at least 4 members (excludes halogenated alkanes) is 1. The average Bonchev–Trinajstić information content (AvgIpc) is 2.79. The number of aliphatic imine (C=N–C) groups is 1. The molecule has 0 amide bonds. The number of guanidine groups is 1. The van der Waals surface area contributed by atoms with Gasteiger partial charge in [0.1, 0.15) is 0 Å². The van der Waals surface area contributed by atoms with Crippen molar-refractivity contribution in [3.63, 3.8) is 0 Å². The van der Waals surface area contributed by atoms with Crippen LogP contribution in [0.5, 0.6) is 0 Å². The van der Waals surface area contributed by atoms with Crippen molar-refractivity contribution in [1.82, 2.24) is 20.2 Å². The Hall–Kier alpha value is -1.94. The molecule has 1 saturated heterocycles. The Morgan fingerprint density at radius 3 is 2.47 bits per heavy atom. The van der Waals surface area contributed by atoms with Crippen LogP contribution < -0.4 is 10.2 Å². The van der Waals surface area contributed by atoms with Crippen LogP contribution in [0.1, 0.15) is 25.3 Å². The molecule has 1 N–H and O–H groups in total. The molecule has 0 bridgehead atoms. The maximum absolute atomic E-state index is 5.75. The van der Waals surface area contributed by atoms with Crippen LogP contribution in [0.15, 0.2) is 53.8 Å². The highest BCUT2D eigenvalue weighted by atomic mass is 127. The number of halogens is 1. The van der Waals surface area contributed by atoms with E-state index < -0.39 is 0 Å². The highest BCUT2D eigenvalue weighted by Crippen LogP contribution is 2.10. The molecule has 0 spiro atoms. The van der Waals surface area contributed by atoms with Crippen molar-refractivity contribution in [3.8, 4) is 0 Å². The Bertz CT molecular complexity index is 723. The summed E-state index contributed by atoms with van der Waals surface area (Å²) < 4.78 is 5.75. The van der Waals surface area contributed by atoms with E-state index >= 15 is 0 Å². The van der Waals surface area contributed by atoms with E-state index in [0.717, 1.165) is 70.6 Å². The summed E-state index contributed by atoms with van der Waals surface area (Å²) in [6.45, 7) is 8.91. The third-order valence-electron chi connectivity index (χ3n) is 4.82. The van der Waals surface area contributed by atoms with E-state index in [1.54, 1.807) is 12.4 Å². The highest BCUT2D eigenvalue weighted by Gasteiger charge is 2.20. The molecule has 7 nitrogen and oxygen atoms in total. The topological polar surface area (TPSA) is 65.9 Å². The molecule has 164 valence electrons. The molecule has 8 heteroatoms. The summed E-state index contributed by atoms with van der Waals surface area (Å²) in [6, 6.07) is 12.2. The monoisotopic (exact) mass is 524 g/mol. The predicted octanol–water partition coefficient (Wildman–Crippen LogP) is 3.18. The third kappa shape index (κ3) is 8.06. The lowest BCUT2D eigenvalue weighted by Crippen LogP contribution is -2.53. The number of anilines is 1. The number of nitrogens with zero attached hydrogens (tertiary/aromatic N) is 5. The van der Waals surface area contributed by atoms with Crippen LogP contribution in [0.25, 0.3) is 0 Å². The second-order valence-corrected chi connectivity index (χ2v) is 7.00. The van der Waals surface area contributed by atoms with Crippen molar-refractivity contribution in [2.24, 2.45) is 4.99 Å². The summed E-state index contributed by atoms with van der Waals surface area (Å²) in [5, 5.41) is 3.43. The van der Waals surface area contributed by atoms with Crippen LogP contribution in [0, 0.1) is 0 Å². The smallest absolute Gasteiger partial charge is 0.225 e. The summed E-state index contributed by atoms with van der Waals surface area (Å²) in [5.41, 5.74) is 1.22. The van der Waals surface area contributed by atoms with Crippen LogP contribution in [0.3, 0.4) is 0 Å². The first-order valence-corrected chi connectivity index (χ1v) is 10.5. The lowest BCUT2D eigenvalue weighted by Gasteiger charge is -2.36. The zero-order valence-corrected chi connectivity index (χ0v) is 20.1. The van der Waals surface area contributed by atoms with Gasteiger partial charge in [-0.05, 0) is 31.4 Å². The van der Waals surface area contributed by atoms with Crippen molar-refractivity contribution in [3.05, 3.63) is 54.4 Å². The Kier molecular flexibility index (Phi) is 11.5. The number of hydrogen-bond donors (Lipinski definition) is 1. The highest BCUT2D eigenvalue weighted by molar-refractivity contribution is 14.0. The summed E-state index contributed by atoms with van der Waals surface area (Å²) >= 11 is 0.